The standard InChI is InChI=1S/C18H16F3N3O/c1-24-11-23-15-10-12(2-7-16(15)24)8-9-22-17(25)13-3-5-14(6-4-13)18(19,20)21/h2-7,10-11H,8-9H2,1H3,(H,22,25). The molecule has 7 heteroatoms. The van der Waals surface area contributed by atoms with E-state index in [1.54, 1.807) is 6.33 Å². The molecular formula is C18H16F3N3O. The van der Waals surface area contributed by atoms with Crippen LogP contribution >= 0.6 is 0 Å². The molecule has 0 unspecified atom stereocenters. The number of fused-ring (bicyclic) bond motifs is 1. The van der Waals surface area contributed by atoms with E-state index in [1.807, 2.05) is 29.8 Å². The summed E-state index contributed by atoms with van der Waals surface area (Å²) in [6, 6.07) is 10.1. The number of rotatable bonds is 4. The summed E-state index contributed by atoms with van der Waals surface area (Å²) in [7, 11) is 1.92. The van der Waals surface area contributed by atoms with Gasteiger partial charge in [-0.1, -0.05) is 6.07 Å². The Bertz CT molecular complexity index is 898. The van der Waals surface area contributed by atoms with Crippen LogP contribution in [-0.4, -0.2) is 22.0 Å². The molecule has 1 heterocycles. The summed E-state index contributed by atoms with van der Waals surface area (Å²) in [6.07, 6.45) is -2.06. The predicted octanol–water partition coefficient (Wildman–Crippen LogP) is 3.56. The van der Waals surface area contributed by atoms with Gasteiger partial charge in [-0.2, -0.15) is 13.2 Å². The van der Waals surface area contributed by atoms with Gasteiger partial charge in [-0.15, -0.1) is 0 Å². The van der Waals surface area contributed by atoms with E-state index in [4.69, 9.17) is 0 Å². The first-order valence-corrected chi connectivity index (χ1v) is 7.70. The molecule has 0 aliphatic carbocycles. The van der Waals surface area contributed by atoms with Gasteiger partial charge >= 0.3 is 6.18 Å². The van der Waals surface area contributed by atoms with E-state index in [9.17, 15) is 18.0 Å². The average molecular weight is 347 g/mol. The van der Waals surface area contributed by atoms with Crippen molar-refractivity contribution in [1.29, 1.82) is 0 Å². The van der Waals surface area contributed by atoms with Crippen LogP contribution in [0.2, 0.25) is 0 Å². The molecule has 0 saturated heterocycles. The lowest BCUT2D eigenvalue weighted by Crippen LogP contribution is -2.25. The van der Waals surface area contributed by atoms with Gasteiger partial charge in [0, 0.05) is 19.2 Å². The molecule has 0 bridgehead atoms. The second kappa shape index (κ2) is 6.58. The fraction of sp³-hybridized carbons (Fsp3) is 0.222. The van der Waals surface area contributed by atoms with Crippen LogP contribution in [-0.2, 0) is 19.6 Å². The van der Waals surface area contributed by atoms with Gasteiger partial charge < -0.3 is 9.88 Å². The third kappa shape index (κ3) is 3.81. The van der Waals surface area contributed by atoms with E-state index < -0.39 is 17.6 Å². The summed E-state index contributed by atoms with van der Waals surface area (Å²) in [5.74, 6) is -0.396. The highest BCUT2D eigenvalue weighted by Crippen LogP contribution is 2.29. The maximum absolute atomic E-state index is 12.5. The summed E-state index contributed by atoms with van der Waals surface area (Å²) in [5.41, 5.74) is 2.37. The highest BCUT2D eigenvalue weighted by Gasteiger charge is 2.30. The fourth-order valence-electron chi connectivity index (χ4n) is 2.57. The van der Waals surface area contributed by atoms with Crippen LogP contribution in [0.3, 0.4) is 0 Å². The maximum atomic E-state index is 12.5. The minimum absolute atomic E-state index is 0.202. The molecular weight excluding hydrogens is 331 g/mol. The Kier molecular flexibility index (Phi) is 4.48. The summed E-state index contributed by atoms with van der Waals surface area (Å²) in [4.78, 5) is 16.3. The molecule has 4 nitrogen and oxygen atoms in total. The number of imidazole rings is 1. The van der Waals surface area contributed by atoms with Crippen molar-refractivity contribution in [2.75, 3.05) is 6.54 Å². The Hall–Kier alpha value is -2.83. The van der Waals surface area contributed by atoms with Gasteiger partial charge in [0.2, 0.25) is 0 Å². The highest BCUT2D eigenvalue weighted by molar-refractivity contribution is 5.94. The molecule has 0 spiro atoms. The molecule has 0 fully saturated rings. The van der Waals surface area contributed by atoms with E-state index in [0.29, 0.717) is 13.0 Å². The maximum Gasteiger partial charge on any atom is 0.416 e. The first-order chi connectivity index (χ1) is 11.8. The molecule has 3 rings (SSSR count). The Morgan fingerprint density at radius 1 is 1.16 bits per heavy atom. The first kappa shape index (κ1) is 17.0. The van der Waals surface area contributed by atoms with Crippen molar-refractivity contribution in [1.82, 2.24) is 14.9 Å². The molecule has 1 aromatic heterocycles. The number of hydrogen-bond acceptors (Lipinski definition) is 2. The predicted molar refractivity (Wildman–Crippen MR) is 88.2 cm³/mol. The molecule has 0 aliphatic heterocycles. The van der Waals surface area contributed by atoms with E-state index in [0.717, 1.165) is 28.7 Å². The van der Waals surface area contributed by atoms with Gasteiger partial charge in [0.15, 0.2) is 0 Å². The van der Waals surface area contributed by atoms with Gasteiger partial charge in [0.05, 0.1) is 22.9 Å². The summed E-state index contributed by atoms with van der Waals surface area (Å²) >= 11 is 0. The molecule has 2 aromatic carbocycles. The number of alkyl halides is 3. The van der Waals surface area contributed by atoms with Crippen molar-refractivity contribution < 1.29 is 18.0 Å². The zero-order valence-corrected chi connectivity index (χ0v) is 13.5. The number of aryl methyl sites for hydroxylation is 1. The largest absolute Gasteiger partial charge is 0.416 e. The third-order valence-corrected chi connectivity index (χ3v) is 3.96. The lowest BCUT2D eigenvalue weighted by atomic mass is 10.1. The van der Waals surface area contributed by atoms with Crippen molar-refractivity contribution in [2.45, 2.75) is 12.6 Å². The second-order valence-corrected chi connectivity index (χ2v) is 5.76. The lowest BCUT2D eigenvalue weighted by Gasteiger charge is -2.08. The van der Waals surface area contributed by atoms with Crippen molar-refractivity contribution in [2.24, 2.45) is 7.05 Å². The summed E-state index contributed by atoms with van der Waals surface area (Å²) in [6.45, 7) is 0.387. The number of nitrogens with zero attached hydrogens (tertiary/aromatic N) is 2. The zero-order valence-electron chi connectivity index (χ0n) is 13.5. The van der Waals surface area contributed by atoms with Gasteiger partial charge in [-0.25, -0.2) is 4.98 Å². The van der Waals surface area contributed by atoms with Gasteiger partial charge in [0.1, 0.15) is 0 Å². The van der Waals surface area contributed by atoms with Crippen molar-refractivity contribution >= 4 is 16.9 Å². The molecule has 0 atom stereocenters. The molecule has 0 radical (unpaired) electrons. The Morgan fingerprint density at radius 3 is 2.56 bits per heavy atom. The number of aromatic nitrogens is 2. The molecule has 0 saturated carbocycles. The van der Waals surface area contributed by atoms with Crippen LogP contribution in [0.25, 0.3) is 11.0 Å². The number of nitrogens with one attached hydrogen (secondary N) is 1. The molecule has 1 N–H and O–H groups in total. The van der Waals surface area contributed by atoms with E-state index in [-0.39, 0.29) is 5.56 Å². The topological polar surface area (TPSA) is 46.9 Å². The van der Waals surface area contributed by atoms with Crippen LogP contribution < -0.4 is 5.32 Å². The molecule has 1 amide bonds. The molecule has 130 valence electrons. The third-order valence-electron chi connectivity index (χ3n) is 3.96. The normalized spacial score (nSPS) is 11.7. The van der Waals surface area contributed by atoms with E-state index >= 15 is 0 Å². The zero-order chi connectivity index (χ0) is 18.0. The number of amides is 1. The van der Waals surface area contributed by atoms with Crippen LogP contribution in [0.4, 0.5) is 13.2 Å². The number of carbonyl (C=O) groups excluding carboxylic acids is 1. The van der Waals surface area contributed by atoms with Gasteiger partial charge in [0.25, 0.3) is 5.91 Å². The second-order valence-electron chi connectivity index (χ2n) is 5.76. The highest BCUT2D eigenvalue weighted by atomic mass is 19.4. The number of halogens is 3. The SMILES string of the molecule is Cn1cnc2cc(CCNC(=O)c3ccc(C(F)(F)F)cc3)ccc21. The van der Waals surface area contributed by atoms with Gasteiger partial charge in [-0.05, 0) is 48.4 Å². The van der Waals surface area contributed by atoms with Crippen LogP contribution in [0.15, 0.2) is 48.8 Å². The summed E-state index contributed by atoms with van der Waals surface area (Å²) in [5, 5.41) is 2.71. The fourth-order valence-corrected chi connectivity index (χ4v) is 2.57. The van der Waals surface area contributed by atoms with Crippen molar-refractivity contribution in [3.05, 3.63) is 65.5 Å². The number of carbonyl (C=O) groups is 1. The number of hydrogen-bond donors (Lipinski definition) is 1. The smallest absolute Gasteiger partial charge is 0.352 e. The van der Waals surface area contributed by atoms with Crippen molar-refractivity contribution in [3.8, 4) is 0 Å². The summed E-state index contributed by atoms with van der Waals surface area (Å²) < 4.78 is 39.5. The quantitative estimate of drug-likeness (QED) is 0.784. The van der Waals surface area contributed by atoms with Crippen molar-refractivity contribution in [3.63, 3.8) is 0 Å². The van der Waals surface area contributed by atoms with Gasteiger partial charge in [-0.3, -0.25) is 4.79 Å². The number of benzene rings is 2. The monoisotopic (exact) mass is 347 g/mol. The minimum Gasteiger partial charge on any atom is -0.352 e. The Morgan fingerprint density at radius 2 is 1.88 bits per heavy atom. The van der Waals surface area contributed by atoms with Crippen LogP contribution in [0.1, 0.15) is 21.5 Å². The average Bonchev–Trinajstić information content (AvgIpc) is 2.95. The molecule has 25 heavy (non-hydrogen) atoms. The molecule has 0 aliphatic rings. The first-order valence-electron chi connectivity index (χ1n) is 7.70. The molecule has 3 aromatic rings. The van der Waals surface area contributed by atoms with E-state index in [2.05, 4.69) is 10.3 Å². The Balaban J connectivity index is 1.58. The Labute approximate surface area is 142 Å². The van der Waals surface area contributed by atoms with Crippen LogP contribution in [0.5, 0.6) is 0 Å². The van der Waals surface area contributed by atoms with E-state index in [1.165, 1.54) is 12.1 Å². The van der Waals surface area contributed by atoms with Crippen LogP contribution in [0, 0.1) is 0 Å². The minimum atomic E-state index is -4.40. The lowest BCUT2D eigenvalue weighted by molar-refractivity contribution is -0.137.